The first-order valence-electron chi connectivity index (χ1n) is 8.82. The Labute approximate surface area is 148 Å². The molecule has 0 aromatic heterocycles. The van der Waals surface area contributed by atoms with E-state index < -0.39 is 0 Å². The van der Waals surface area contributed by atoms with E-state index in [1.54, 1.807) is 4.90 Å². The molecule has 0 aliphatic carbocycles. The number of ether oxygens (including phenoxy) is 1. The molecule has 0 spiro atoms. The van der Waals surface area contributed by atoms with Gasteiger partial charge in [-0.05, 0) is 55.1 Å². The van der Waals surface area contributed by atoms with Crippen molar-refractivity contribution in [1.82, 2.24) is 0 Å². The van der Waals surface area contributed by atoms with Crippen molar-refractivity contribution in [3.05, 3.63) is 65.4 Å². The number of fused-ring (bicyclic) bond motifs is 1. The summed E-state index contributed by atoms with van der Waals surface area (Å²) in [6.07, 6.45) is 4.57. The number of benzene rings is 2. The highest BCUT2D eigenvalue weighted by atomic mass is 16.5. The summed E-state index contributed by atoms with van der Waals surface area (Å²) in [5.74, 6) is 0.970. The summed E-state index contributed by atoms with van der Waals surface area (Å²) in [5, 5.41) is 0. The first-order chi connectivity index (χ1) is 12.2. The van der Waals surface area contributed by atoms with Crippen molar-refractivity contribution in [1.29, 1.82) is 0 Å². The van der Waals surface area contributed by atoms with E-state index in [4.69, 9.17) is 10.5 Å². The Balaban J connectivity index is 1.90. The van der Waals surface area contributed by atoms with Crippen LogP contribution in [0.25, 0.3) is 6.08 Å². The van der Waals surface area contributed by atoms with E-state index in [-0.39, 0.29) is 5.91 Å². The number of aryl methyl sites for hydroxylation is 1. The summed E-state index contributed by atoms with van der Waals surface area (Å²) in [4.78, 5) is 14.7. The fraction of sp³-hybridized carbons (Fsp3) is 0.286. The first kappa shape index (κ1) is 17.2. The van der Waals surface area contributed by atoms with Crippen molar-refractivity contribution in [2.24, 2.45) is 5.73 Å². The lowest BCUT2D eigenvalue weighted by Gasteiger charge is -2.30. The van der Waals surface area contributed by atoms with Gasteiger partial charge in [0.05, 0.1) is 5.69 Å². The average Bonchev–Trinajstić information content (AvgIpc) is 2.65. The van der Waals surface area contributed by atoms with E-state index in [1.807, 2.05) is 42.5 Å². The fourth-order valence-corrected chi connectivity index (χ4v) is 2.90. The van der Waals surface area contributed by atoms with Crippen LogP contribution in [0.1, 0.15) is 30.9 Å². The maximum absolute atomic E-state index is 12.9. The molecule has 4 heteroatoms. The SMILES string of the molecule is CCc1ccc(/C=C2/Oc3ccccc3N(CCCCN)C2=O)cc1. The van der Waals surface area contributed by atoms with Gasteiger partial charge in [0.1, 0.15) is 0 Å². The predicted molar refractivity (Wildman–Crippen MR) is 102 cm³/mol. The minimum atomic E-state index is -0.102. The molecule has 0 atom stereocenters. The predicted octanol–water partition coefficient (Wildman–Crippen LogP) is 3.75. The molecule has 1 aliphatic heterocycles. The molecule has 0 bridgehead atoms. The largest absolute Gasteiger partial charge is 0.449 e. The van der Waals surface area contributed by atoms with Crippen LogP contribution in [0.5, 0.6) is 5.75 Å². The number of nitrogens with zero attached hydrogens (tertiary/aromatic N) is 1. The molecule has 1 heterocycles. The fourth-order valence-electron chi connectivity index (χ4n) is 2.90. The highest BCUT2D eigenvalue weighted by Crippen LogP contribution is 2.35. The molecule has 2 aromatic carbocycles. The number of para-hydroxylation sites is 2. The lowest BCUT2D eigenvalue weighted by molar-refractivity contribution is -0.117. The molecule has 0 radical (unpaired) electrons. The topological polar surface area (TPSA) is 55.6 Å². The van der Waals surface area contributed by atoms with Gasteiger partial charge in [-0.15, -0.1) is 0 Å². The van der Waals surface area contributed by atoms with E-state index >= 15 is 0 Å². The maximum atomic E-state index is 12.9. The van der Waals surface area contributed by atoms with Crippen LogP contribution in [0.15, 0.2) is 54.3 Å². The molecule has 0 unspecified atom stereocenters. The minimum absolute atomic E-state index is 0.102. The summed E-state index contributed by atoms with van der Waals surface area (Å²) < 4.78 is 5.89. The number of carbonyl (C=O) groups excluding carboxylic acids is 1. The number of unbranched alkanes of at least 4 members (excludes halogenated alkanes) is 1. The molecule has 2 N–H and O–H groups in total. The average molecular weight is 336 g/mol. The molecular weight excluding hydrogens is 312 g/mol. The van der Waals surface area contributed by atoms with Gasteiger partial charge in [0.15, 0.2) is 11.5 Å². The van der Waals surface area contributed by atoms with Gasteiger partial charge < -0.3 is 15.4 Å². The van der Waals surface area contributed by atoms with Gasteiger partial charge in [-0.3, -0.25) is 4.79 Å². The molecule has 1 aliphatic rings. The molecule has 4 nitrogen and oxygen atoms in total. The molecule has 3 rings (SSSR count). The number of nitrogens with two attached hydrogens (primary N) is 1. The molecule has 25 heavy (non-hydrogen) atoms. The second-order valence-corrected chi connectivity index (χ2v) is 6.13. The van der Waals surface area contributed by atoms with Crippen LogP contribution >= 0.6 is 0 Å². The van der Waals surface area contributed by atoms with Crippen LogP contribution in [-0.4, -0.2) is 19.0 Å². The van der Waals surface area contributed by atoms with Gasteiger partial charge >= 0.3 is 0 Å². The van der Waals surface area contributed by atoms with Gasteiger partial charge in [0.25, 0.3) is 5.91 Å². The second-order valence-electron chi connectivity index (χ2n) is 6.13. The van der Waals surface area contributed by atoms with E-state index in [0.717, 1.165) is 30.5 Å². The Kier molecular flexibility index (Phi) is 5.51. The van der Waals surface area contributed by atoms with Gasteiger partial charge in [0.2, 0.25) is 0 Å². The van der Waals surface area contributed by atoms with E-state index in [1.165, 1.54) is 5.56 Å². The summed E-state index contributed by atoms with van der Waals surface area (Å²) in [6.45, 7) is 3.40. The smallest absolute Gasteiger partial charge is 0.294 e. The number of rotatable bonds is 6. The molecular formula is C21H24N2O2. The Hall–Kier alpha value is -2.59. The van der Waals surface area contributed by atoms with E-state index in [2.05, 4.69) is 19.1 Å². The highest BCUT2D eigenvalue weighted by Gasteiger charge is 2.29. The van der Waals surface area contributed by atoms with Gasteiger partial charge in [-0.2, -0.15) is 0 Å². The molecule has 0 fully saturated rings. The van der Waals surface area contributed by atoms with E-state index in [9.17, 15) is 4.79 Å². The zero-order chi connectivity index (χ0) is 17.6. The Morgan fingerprint density at radius 1 is 1.08 bits per heavy atom. The van der Waals surface area contributed by atoms with Gasteiger partial charge in [0, 0.05) is 6.54 Å². The third kappa shape index (κ3) is 3.91. The van der Waals surface area contributed by atoms with Crippen molar-refractivity contribution in [2.45, 2.75) is 26.2 Å². The number of carbonyl (C=O) groups is 1. The normalized spacial score (nSPS) is 15.2. The minimum Gasteiger partial charge on any atom is -0.449 e. The van der Waals surface area contributed by atoms with Crippen molar-refractivity contribution in [3.63, 3.8) is 0 Å². The number of hydrogen-bond donors (Lipinski definition) is 1. The van der Waals surface area contributed by atoms with Crippen LogP contribution in [0.2, 0.25) is 0 Å². The van der Waals surface area contributed by atoms with E-state index in [0.29, 0.717) is 24.6 Å². The van der Waals surface area contributed by atoms with Crippen molar-refractivity contribution < 1.29 is 9.53 Å². The summed E-state index contributed by atoms with van der Waals surface area (Å²) in [5.41, 5.74) is 8.64. The van der Waals surface area contributed by atoms with Crippen LogP contribution in [-0.2, 0) is 11.2 Å². The van der Waals surface area contributed by atoms with Gasteiger partial charge in [-0.1, -0.05) is 43.3 Å². The van der Waals surface area contributed by atoms with Crippen molar-refractivity contribution in [2.75, 3.05) is 18.0 Å². The number of anilines is 1. The quantitative estimate of drug-likeness (QED) is 0.645. The monoisotopic (exact) mass is 336 g/mol. The van der Waals surface area contributed by atoms with Gasteiger partial charge in [-0.25, -0.2) is 0 Å². The number of hydrogen-bond acceptors (Lipinski definition) is 3. The molecule has 0 saturated carbocycles. The molecule has 2 aromatic rings. The highest BCUT2D eigenvalue weighted by molar-refractivity contribution is 6.09. The molecule has 1 amide bonds. The Morgan fingerprint density at radius 3 is 2.56 bits per heavy atom. The van der Waals surface area contributed by atoms with Crippen molar-refractivity contribution >= 4 is 17.7 Å². The van der Waals surface area contributed by atoms with Crippen LogP contribution in [0.3, 0.4) is 0 Å². The molecule has 0 saturated heterocycles. The number of amides is 1. The lowest BCUT2D eigenvalue weighted by Crippen LogP contribution is -2.38. The first-order valence-corrected chi connectivity index (χ1v) is 8.82. The zero-order valence-electron chi connectivity index (χ0n) is 14.6. The standard InChI is InChI=1S/C21H24N2O2/c1-2-16-9-11-17(12-10-16)15-20-21(24)23(14-6-5-13-22)18-7-3-4-8-19(18)25-20/h3-4,7-12,15H,2,5-6,13-14,22H2,1H3/b20-15+. The summed E-state index contributed by atoms with van der Waals surface area (Å²) in [7, 11) is 0. The van der Waals surface area contributed by atoms with Crippen molar-refractivity contribution in [3.8, 4) is 5.75 Å². The zero-order valence-corrected chi connectivity index (χ0v) is 14.6. The molecule has 130 valence electrons. The maximum Gasteiger partial charge on any atom is 0.294 e. The summed E-state index contributed by atoms with van der Waals surface area (Å²) >= 11 is 0. The summed E-state index contributed by atoms with van der Waals surface area (Å²) in [6, 6.07) is 15.8. The van der Waals surface area contributed by atoms with Crippen LogP contribution in [0, 0.1) is 0 Å². The van der Waals surface area contributed by atoms with Crippen LogP contribution < -0.4 is 15.4 Å². The second kappa shape index (κ2) is 7.99. The Bertz CT molecular complexity index is 766. The van der Waals surface area contributed by atoms with Crippen LogP contribution in [0.4, 0.5) is 5.69 Å². The third-order valence-corrected chi connectivity index (χ3v) is 4.35. The Morgan fingerprint density at radius 2 is 1.84 bits per heavy atom. The lowest BCUT2D eigenvalue weighted by atomic mass is 10.1. The third-order valence-electron chi connectivity index (χ3n) is 4.35.